The van der Waals surface area contributed by atoms with Crippen LogP contribution in [0.2, 0.25) is 0 Å². The molecule has 2 unspecified atom stereocenters. The minimum absolute atomic E-state index is 0.0627. The largest absolute Gasteiger partial charge is 0.471 e. The van der Waals surface area contributed by atoms with Crippen LogP contribution >= 0.6 is 0 Å². The molecular weight excluding hydrogens is 467 g/mol. The molecule has 1 heterocycles. The van der Waals surface area contributed by atoms with Crippen LogP contribution in [-0.4, -0.2) is 42.8 Å². The van der Waals surface area contributed by atoms with Crippen LogP contribution < -0.4 is 10.5 Å². The summed E-state index contributed by atoms with van der Waals surface area (Å²) in [5, 5.41) is 0. The Morgan fingerprint density at radius 3 is 2.35 bits per heavy atom. The number of esters is 1. The maximum absolute atomic E-state index is 14.7. The molecule has 0 radical (unpaired) electrons. The summed E-state index contributed by atoms with van der Waals surface area (Å²) in [6.45, 7) is 1.45. The Hall–Kier alpha value is -3.83. The molecule has 0 saturated heterocycles. The van der Waals surface area contributed by atoms with E-state index in [0.717, 1.165) is 24.3 Å². The lowest BCUT2D eigenvalue weighted by Crippen LogP contribution is -2.47. The molecule has 0 saturated carbocycles. The molecule has 2 aromatic carbocycles. The molecular formula is C22H19F5N2O5. The van der Waals surface area contributed by atoms with E-state index in [2.05, 4.69) is 0 Å². The van der Waals surface area contributed by atoms with E-state index in [4.69, 9.17) is 19.9 Å². The van der Waals surface area contributed by atoms with Gasteiger partial charge in [0.05, 0.1) is 17.9 Å². The number of rotatable bonds is 7. The van der Waals surface area contributed by atoms with E-state index in [1.807, 2.05) is 0 Å². The normalized spacial score (nSPS) is 16.5. The van der Waals surface area contributed by atoms with E-state index in [-0.39, 0.29) is 6.61 Å². The number of nitrogens with zero attached hydrogens (tertiary/aromatic N) is 1. The number of hydrogen-bond donors (Lipinski definition) is 1. The maximum atomic E-state index is 14.7. The Morgan fingerprint density at radius 1 is 1.15 bits per heavy atom. The summed E-state index contributed by atoms with van der Waals surface area (Å²) in [7, 11) is 1.46. The average molecular weight is 486 g/mol. The smallest absolute Gasteiger partial charge is 0.416 e. The van der Waals surface area contributed by atoms with Crippen LogP contribution in [0, 0.1) is 11.6 Å². The van der Waals surface area contributed by atoms with Crippen molar-refractivity contribution in [2.45, 2.75) is 25.4 Å². The van der Waals surface area contributed by atoms with Gasteiger partial charge in [0, 0.05) is 12.6 Å². The summed E-state index contributed by atoms with van der Waals surface area (Å²) in [5.74, 6) is -5.64. The number of alkyl halides is 3. The number of hydrogen-bond acceptors (Lipinski definition) is 6. The van der Waals surface area contributed by atoms with Crippen LogP contribution in [0.15, 0.2) is 42.7 Å². The average Bonchev–Trinajstić information content (AvgIpc) is 3.13. The number of nitrogens with two attached hydrogens (primary N) is 1. The van der Waals surface area contributed by atoms with Crippen LogP contribution in [0.3, 0.4) is 0 Å². The third kappa shape index (κ3) is 4.90. The lowest BCUT2D eigenvalue weighted by atomic mass is 10.1. The standard InChI is InChI=1S/C22H19F5N2O5/c1-3-32-21(31)18(34-15-9-8-13(23)16(17(15)24)19(28)30)20-29(2)14(10-33-20)11-4-6-12(7-5-11)22(25,26)27/h4-10,18,20H,3H2,1-2H3,(H2,28,30). The Labute approximate surface area is 190 Å². The molecule has 2 aromatic rings. The zero-order valence-corrected chi connectivity index (χ0v) is 17.9. The monoisotopic (exact) mass is 486 g/mol. The predicted octanol–water partition coefficient (Wildman–Crippen LogP) is 3.68. The van der Waals surface area contributed by atoms with E-state index in [1.165, 1.54) is 37.3 Å². The molecule has 34 heavy (non-hydrogen) atoms. The number of likely N-dealkylation sites (N-methyl/N-ethyl adjacent to an activating group) is 1. The van der Waals surface area contributed by atoms with Crippen molar-refractivity contribution >= 4 is 17.6 Å². The first kappa shape index (κ1) is 24.8. The quantitative estimate of drug-likeness (QED) is 0.475. The lowest BCUT2D eigenvalue weighted by molar-refractivity contribution is -0.160. The number of carbonyl (C=O) groups excluding carboxylic acids is 2. The second-order valence-corrected chi connectivity index (χ2v) is 7.11. The number of ether oxygens (including phenoxy) is 3. The maximum Gasteiger partial charge on any atom is 0.416 e. The third-order valence-electron chi connectivity index (χ3n) is 4.92. The van der Waals surface area contributed by atoms with Crippen LogP contribution in [0.5, 0.6) is 5.75 Å². The Morgan fingerprint density at radius 2 is 1.79 bits per heavy atom. The van der Waals surface area contributed by atoms with Gasteiger partial charge in [0.15, 0.2) is 11.6 Å². The van der Waals surface area contributed by atoms with E-state index >= 15 is 0 Å². The van der Waals surface area contributed by atoms with E-state index in [1.54, 1.807) is 0 Å². The third-order valence-corrected chi connectivity index (χ3v) is 4.92. The fourth-order valence-corrected chi connectivity index (χ4v) is 3.26. The summed E-state index contributed by atoms with van der Waals surface area (Å²) in [5.41, 5.74) is 3.75. The van der Waals surface area contributed by atoms with Crippen molar-refractivity contribution in [3.8, 4) is 5.75 Å². The fraction of sp³-hybridized carbons (Fsp3) is 0.273. The first-order valence-corrected chi connectivity index (χ1v) is 9.82. The van der Waals surface area contributed by atoms with Gasteiger partial charge in [0.1, 0.15) is 17.6 Å². The molecule has 182 valence electrons. The number of carbonyl (C=O) groups is 2. The van der Waals surface area contributed by atoms with Crippen molar-refractivity contribution in [1.29, 1.82) is 0 Å². The van der Waals surface area contributed by atoms with Gasteiger partial charge in [-0.3, -0.25) is 4.79 Å². The van der Waals surface area contributed by atoms with E-state index in [9.17, 15) is 31.5 Å². The lowest BCUT2D eigenvalue weighted by Gasteiger charge is -2.29. The Bertz CT molecular complexity index is 1120. The fourth-order valence-electron chi connectivity index (χ4n) is 3.26. The molecule has 2 N–H and O–H groups in total. The molecule has 0 aliphatic carbocycles. The molecule has 3 rings (SSSR count). The topological polar surface area (TPSA) is 91.1 Å². The molecule has 1 aliphatic rings. The van der Waals surface area contributed by atoms with Crippen LogP contribution in [0.25, 0.3) is 5.70 Å². The zero-order chi connectivity index (χ0) is 25.2. The van der Waals surface area contributed by atoms with E-state index < -0.39 is 58.9 Å². The van der Waals surface area contributed by atoms with Gasteiger partial charge in [0.2, 0.25) is 6.23 Å². The number of benzene rings is 2. The molecule has 2 atom stereocenters. The molecule has 0 bridgehead atoms. The SMILES string of the molecule is CCOC(=O)C(Oc1ccc(F)c(C(N)=O)c1F)C1OC=C(c2ccc(C(F)(F)F)cc2)N1C. The highest BCUT2D eigenvalue weighted by Crippen LogP contribution is 2.34. The number of primary amides is 1. The van der Waals surface area contributed by atoms with Gasteiger partial charge in [-0.1, -0.05) is 12.1 Å². The number of halogens is 5. The van der Waals surface area contributed by atoms with Crippen molar-refractivity contribution in [1.82, 2.24) is 4.90 Å². The van der Waals surface area contributed by atoms with Crippen molar-refractivity contribution in [3.05, 3.63) is 71.0 Å². The molecule has 0 aromatic heterocycles. The first-order valence-electron chi connectivity index (χ1n) is 9.82. The van der Waals surface area contributed by atoms with Gasteiger partial charge in [-0.05, 0) is 31.2 Å². The van der Waals surface area contributed by atoms with Crippen molar-refractivity contribution in [2.75, 3.05) is 13.7 Å². The second-order valence-electron chi connectivity index (χ2n) is 7.11. The molecule has 1 aliphatic heterocycles. The van der Waals surface area contributed by atoms with Gasteiger partial charge in [-0.2, -0.15) is 13.2 Å². The van der Waals surface area contributed by atoms with Crippen molar-refractivity contribution in [3.63, 3.8) is 0 Å². The minimum atomic E-state index is -4.51. The molecule has 0 fully saturated rings. The van der Waals surface area contributed by atoms with Gasteiger partial charge in [-0.25, -0.2) is 13.6 Å². The minimum Gasteiger partial charge on any atom is -0.471 e. The van der Waals surface area contributed by atoms with E-state index in [0.29, 0.717) is 11.3 Å². The predicted molar refractivity (Wildman–Crippen MR) is 108 cm³/mol. The molecule has 12 heteroatoms. The van der Waals surface area contributed by atoms with Crippen molar-refractivity contribution < 1.29 is 45.8 Å². The summed E-state index contributed by atoms with van der Waals surface area (Å²) in [6, 6.07) is 5.81. The van der Waals surface area contributed by atoms with Crippen molar-refractivity contribution in [2.24, 2.45) is 5.73 Å². The van der Waals surface area contributed by atoms with Crippen LogP contribution in [-0.2, 0) is 20.4 Å². The first-order chi connectivity index (χ1) is 16.0. The highest BCUT2D eigenvalue weighted by Gasteiger charge is 2.41. The Balaban J connectivity index is 1.89. The Kier molecular flexibility index (Phi) is 6.99. The highest BCUT2D eigenvalue weighted by atomic mass is 19.4. The number of amides is 1. The summed E-state index contributed by atoms with van der Waals surface area (Å²) < 4.78 is 82.9. The summed E-state index contributed by atoms with van der Waals surface area (Å²) in [4.78, 5) is 25.4. The zero-order valence-electron chi connectivity index (χ0n) is 17.9. The molecule has 0 spiro atoms. The highest BCUT2D eigenvalue weighted by molar-refractivity contribution is 5.93. The van der Waals surface area contributed by atoms with Gasteiger partial charge >= 0.3 is 12.1 Å². The van der Waals surface area contributed by atoms with Crippen LogP contribution in [0.1, 0.15) is 28.4 Å². The molecule has 1 amide bonds. The molecule has 7 nitrogen and oxygen atoms in total. The van der Waals surface area contributed by atoms with Gasteiger partial charge < -0.3 is 24.8 Å². The van der Waals surface area contributed by atoms with Crippen LogP contribution in [0.4, 0.5) is 22.0 Å². The summed E-state index contributed by atoms with van der Waals surface area (Å²) in [6.07, 6.45) is -6.19. The van der Waals surface area contributed by atoms with Gasteiger partial charge in [-0.15, -0.1) is 0 Å². The second kappa shape index (κ2) is 9.57. The summed E-state index contributed by atoms with van der Waals surface area (Å²) >= 11 is 0. The van der Waals surface area contributed by atoms with Gasteiger partial charge in [0.25, 0.3) is 12.0 Å².